The number of hydrogen-bond acceptors (Lipinski definition) is 8. The number of methoxy groups -OCH3 is 1. The summed E-state index contributed by atoms with van der Waals surface area (Å²) < 4.78 is 45.3. The molecule has 0 aromatic heterocycles. The molecule has 0 spiro atoms. The summed E-state index contributed by atoms with van der Waals surface area (Å²) in [4.78, 5) is 0. The maximum Gasteiger partial charge on any atom is 0.229 e. The van der Waals surface area contributed by atoms with Crippen LogP contribution in [0.5, 0.6) is 11.5 Å². The maximum atomic E-state index is 14.9. The van der Waals surface area contributed by atoms with Gasteiger partial charge in [0.25, 0.3) is 0 Å². The van der Waals surface area contributed by atoms with Gasteiger partial charge in [-0.15, -0.1) is 0 Å². The van der Waals surface area contributed by atoms with E-state index in [0.29, 0.717) is 0 Å². The summed E-state index contributed by atoms with van der Waals surface area (Å²) in [6.45, 7) is 0.801. The molecular weight excluding hydrogens is 430 g/mol. The molecule has 176 valence electrons. The maximum absolute atomic E-state index is 14.9. The minimum atomic E-state index is -1.73. The first-order chi connectivity index (χ1) is 15.2. The van der Waals surface area contributed by atoms with Gasteiger partial charge in [0.05, 0.1) is 19.8 Å². The van der Waals surface area contributed by atoms with Crippen LogP contribution >= 0.6 is 0 Å². The van der Waals surface area contributed by atoms with Crippen LogP contribution in [-0.4, -0.2) is 69.5 Å². The lowest BCUT2D eigenvalue weighted by atomic mass is 9.96. The van der Waals surface area contributed by atoms with Crippen molar-refractivity contribution in [1.82, 2.24) is 0 Å². The molecule has 1 fully saturated rings. The molecule has 0 bridgehead atoms. The molecule has 5 N–H and O–H groups in total. The number of halogens is 2. The predicted molar refractivity (Wildman–Crippen MR) is 107 cm³/mol. The van der Waals surface area contributed by atoms with Crippen LogP contribution in [0.4, 0.5) is 8.78 Å². The lowest BCUT2D eigenvalue weighted by molar-refractivity contribution is -0.286. The zero-order valence-corrected chi connectivity index (χ0v) is 17.5. The van der Waals surface area contributed by atoms with Crippen molar-refractivity contribution in [3.8, 4) is 11.5 Å². The molecule has 0 aliphatic carbocycles. The lowest BCUT2D eigenvalue weighted by Gasteiger charge is -2.41. The van der Waals surface area contributed by atoms with Crippen LogP contribution in [0.3, 0.4) is 0 Å². The first-order valence-corrected chi connectivity index (χ1v) is 9.95. The van der Waals surface area contributed by atoms with Gasteiger partial charge in [0.15, 0.2) is 0 Å². The van der Waals surface area contributed by atoms with E-state index in [4.69, 9.17) is 14.2 Å². The second-order valence-electron chi connectivity index (χ2n) is 7.65. The van der Waals surface area contributed by atoms with Crippen molar-refractivity contribution in [3.05, 3.63) is 58.7 Å². The molecule has 0 radical (unpaired) electrons. The first kappa shape index (κ1) is 24.3. The van der Waals surface area contributed by atoms with Gasteiger partial charge in [0.2, 0.25) is 6.29 Å². The fraction of sp³-hybridized carbons (Fsp3) is 0.455. The third kappa shape index (κ3) is 5.01. The van der Waals surface area contributed by atoms with Crippen molar-refractivity contribution < 1.29 is 48.5 Å². The Morgan fingerprint density at radius 2 is 1.75 bits per heavy atom. The van der Waals surface area contributed by atoms with Gasteiger partial charge in [0, 0.05) is 18.1 Å². The first-order valence-electron chi connectivity index (χ1n) is 9.95. The zero-order valence-electron chi connectivity index (χ0n) is 17.5. The minimum absolute atomic E-state index is 0.0868. The molecule has 32 heavy (non-hydrogen) atoms. The SMILES string of the molecule is COc1ccc(Cc2c(F)cc(CO)cc2O[C@@H]2O[C@H](C(C)O)[C@@H](O)[C@H](O)[C@H]2O)c(F)c1. The average molecular weight is 456 g/mol. The molecule has 1 aliphatic heterocycles. The van der Waals surface area contributed by atoms with E-state index in [2.05, 4.69) is 0 Å². The molecule has 1 saturated heterocycles. The van der Waals surface area contributed by atoms with Gasteiger partial charge < -0.3 is 39.7 Å². The number of aliphatic hydroxyl groups is 5. The lowest BCUT2D eigenvalue weighted by Crippen LogP contribution is -2.61. The average Bonchev–Trinajstić information content (AvgIpc) is 2.76. The number of rotatable bonds is 7. The van der Waals surface area contributed by atoms with E-state index in [1.807, 2.05) is 0 Å². The second kappa shape index (κ2) is 10.1. The molecule has 2 aromatic rings. The van der Waals surface area contributed by atoms with Crippen molar-refractivity contribution in [2.24, 2.45) is 0 Å². The summed E-state index contributed by atoms with van der Waals surface area (Å²) >= 11 is 0. The van der Waals surface area contributed by atoms with Gasteiger partial charge in [-0.05, 0) is 36.2 Å². The van der Waals surface area contributed by atoms with E-state index in [-0.39, 0.29) is 34.6 Å². The Kier molecular flexibility index (Phi) is 7.65. The van der Waals surface area contributed by atoms with Gasteiger partial charge in [-0.1, -0.05) is 6.07 Å². The molecule has 0 saturated carbocycles. The van der Waals surface area contributed by atoms with E-state index in [1.54, 1.807) is 0 Å². The number of benzene rings is 2. The fourth-order valence-electron chi connectivity index (χ4n) is 3.52. The number of ether oxygens (including phenoxy) is 3. The Bertz CT molecular complexity index is 938. The van der Waals surface area contributed by atoms with Gasteiger partial charge in [0.1, 0.15) is 47.5 Å². The van der Waals surface area contributed by atoms with Crippen LogP contribution in [0, 0.1) is 11.6 Å². The summed E-state index contributed by atoms with van der Waals surface area (Å²) in [5.41, 5.74) is 0.194. The molecule has 10 heteroatoms. The third-order valence-electron chi connectivity index (χ3n) is 5.35. The van der Waals surface area contributed by atoms with Crippen molar-refractivity contribution in [2.75, 3.05) is 7.11 Å². The van der Waals surface area contributed by atoms with Crippen LogP contribution in [0.1, 0.15) is 23.6 Å². The van der Waals surface area contributed by atoms with E-state index in [1.165, 1.54) is 32.2 Å². The summed E-state index contributed by atoms with van der Waals surface area (Å²) in [7, 11) is 1.38. The predicted octanol–water partition coefficient (Wildman–Crippen LogP) is 0.624. The van der Waals surface area contributed by atoms with E-state index >= 15 is 0 Å². The molecular formula is C22H26F2O8. The Hall–Kier alpha value is -2.34. The molecule has 8 nitrogen and oxygen atoms in total. The van der Waals surface area contributed by atoms with Crippen molar-refractivity contribution in [3.63, 3.8) is 0 Å². The molecule has 6 atom stereocenters. The van der Waals surface area contributed by atoms with Gasteiger partial charge in [-0.3, -0.25) is 0 Å². The highest BCUT2D eigenvalue weighted by Crippen LogP contribution is 2.32. The van der Waals surface area contributed by atoms with Crippen LogP contribution in [0.2, 0.25) is 0 Å². The smallest absolute Gasteiger partial charge is 0.229 e. The van der Waals surface area contributed by atoms with Crippen LogP contribution < -0.4 is 9.47 Å². The number of aliphatic hydroxyl groups excluding tert-OH is 5. The summed E-state index contributed by atoms with van der Waals surface area (Å²) in [6.07, 6.45) is -9.35. The Balaban J connectivity index is 1.96. The van der Waals surface area contributed by atoms with Gasteiger partial charge in [-0.25, -0.2) is 8.78 Å². The van der Waals surface area contributed by atoms with Crippen LogP contribution in [0.15, 0.2) is 30.3 Å². The highest BCUT2D eigenvalue weighted by atomic mass is 19.1. The standard InChI is InChI=1S/C22H26F2O8/c1-10(26)21-19(28)18(27)20(29)22(32-21)31-17-6-11(9-25)5-16(24)14(17)7-12-3-4-13(30-2)8-15(12)23/h3-6,8,10,18-22,25-29H,7,9H2,1-2H3/t10?,18-,19-,20+,21+,22+/m0/s1. The monoisotopic (exact) mass is 456 g/mol. The van der Waals surface area contributed by atoms with E-state index in [9.17, 15) is 34.3 Å². The van der Waals surface area contributed by atoms with Crippen molar-refractivity contribution >= 4 is 0 Å². The molecule has 1 heterocycles. The molecule has 1 unspecified atom stereocenters. The minimum Gasteiger partial charge on any atom is -0.497 e. The van der Waals surface area contributed by atoms with Crippen LogP contribution in [-0.2, 0) is 17.8 Å². The van der Waals surface area contributed by atoms with Gasteiger partial charge >= 0.3 is 0 Å². The number of hydrogen-bond donors (Lipinski definition) is 5. The van der Waals surface area contributed by atoms with Crippen LogP contribution in [0.25, 0.3) is 0 Å². The van der Waals surface area contributed by atoms with Crippen molar-refractivity contribution in [1.29, 1.82) is 0 Å². The zero-order chi connectivity index (χ0) is 23.6. The van der Waals surface area contributed by atoms with Gasteiger partial charge in [-0.2, -0.15) is 0 Å². The highest BCUT2D eigenvalue weighted by molar-refractivity contribution is 5.43. The Labute approximate surface area is 183 Å². The Morgan fingerprint density at radius 3 is 2.34 bits per heavy atom. The van der Waals surface area contributed by atoms with E-state index < -0.39 is 55.1 Å². The molecule has 1 aliphatic rings. The summed E-state index contributed by atoms with van der Waals surface area (Å²) in [5, 5.41) is 49.7. The second-order valence-corrected chi connectivity index (χ2v) is 7.65. The largest absolute Gasteiger partial charge is 0.497 e. The molecule has 3 rings (SSSR count). The van der Waals surface area contributed by atoms with E-state index in [0.717, 1.165) is 12.1 Å². The third-order valence-corrected chi connectivity index (χ3v) is 5.35. The molecule has 2 aromatic carbocycles. The quantitative estimate of drug-likeness (QED) is 0.410. The molecule has 0 amide bonds. The normalized spacial score (nSPS) is 26.6. The highest BCUT2D eigenvalue weighted by Gasteiger charge is 2.46. The topological polar surface area (TPSA) is 129 Å². The summed E-state index contributed by atoms with van der Waals surface area (Å²) in [6, 6.07) is 6.45. The Morgan fingerprint density at radius 1 is 1.03 bits per heavy atom. The van der Waals surface area contributed by atoms with Crippen molar-refractivity contribution in [2.45, 2.75) is 56.8 Å². The fourth-order valence-corrected chi connectivity index (χ4v) is 3.52. The summed E-state index contributed by atoms with van der Waals surface area (Å²) in [5.74, 6) is -1.31.